The van der Waals surface area contributed by atoms with Gasteiger partial charge in [0, 0.05) is 37.1 Å². The molecule has 74 heavy (non-hydrogen) atoms. The number of phosphoric acid groups is 3. The second-order valence-electron chi connectivity index (χ2n) is 18.4. The predicted octanol–water partition coefficient (Wildman–Crippen LogP) is 6.97. The Hall–Kier alpha value is -2.56. The fourth-order valence-electron chi connectivity index (χ4n) is 7.71. The smallest absolute Gasteiger partial charge is 0.386 e. The number of ether oxygens (including phenoxy) is 1. The van der Waals surface area contributed by atoms with Crippen molar-refractivity contribution in [2.45, 2.75) is 186 Å². The predicted molar refractivity (Wildman–Crippen MR) is 280 cm³/mol. The average Bonchev–Trinajstić information content (AvgIpc) is 3.86. The highest BCUT2D eigenvalue weighted by Gasteiger charge is 2.50. The van der Waals surface area contributed by atoms with Gasteiger partial charge in [-0.2, -0.15) is 4.31 Å². The molecule has 2 amide bonds. The van der Waals surface area contributed by atoms with E-state index < -0.39 is 84.6 Å². The first-order chi connectivity index (χ1) is 33.6. The molecule has 0 saturated carbocycles. The number of phosphoric ester groups is 3. The molecule has 31 heteroatoms. The third kappa shape index (κ3) is 27.7. The molecule has 3 heterocycles. The molecule has 0 bridgehead atoms. The molecule has 27 nitrogen and oxygen atoms in total. The molecule has 432 valence electrons. The number of carbonyl (C=O) groups is 3. The highest BCUT2D eigenvalue weighted by molar-refractivity contribution is 8.13. The van der Waals surface area contributed by atoms with Gasteiger partial charge in [-0.3, -0.25) is 32.5 Å². The van der Waals surface area contributed by atoms with E-state index in [1.807, 2.05) is 0 Å². The summed E-state index contributed by atoms with van der Waals surface area (Å²) >= 11 is 1.16. The Morgan fingerprint density at radius 1 is 0.784 bits per heavy atom. The van der Waals surface area contributed by atoms with Crippen LogP contribution in [-0.2, 0) is 50.7 Å². The van der Waals surface area contributed by atoms with Crippen LogP contribution in [0.3, 0.4) is 0 Å². The van der Waals surface area contributed by atoms with Crippen LogP contribution in [0.1, 0.15) is 162 Å². The van der Waals surface area contributed by atoms with Gasteiger partial charge in [0.05, 0.1) is 19.5 Å². The molecule has 0 aliphatic carbocycles. The zero-order valence-electron chi connectivity index (χ0n) is 43.3. The Bertz CT molecular complexity index is 2080. The van der Waals surface area contributed by atoms with E-state index in [4.69, 9.17) is 19.5 Å². The van der Waals surface area contributed by atoms with Crippen LogP contribution < -0.4 is 34.8 Å². The van der Waals surface area contributed by atoms with Crippen molar-refractivity contribution in [2.24, 2.45) is 5.41 Å². The standard InChI is InChI=1S/C43H78N7O17P3S.3H3N/c1-4-5-6-7-8-9-10-11-12-13-14-15-16-17-18-19-20-21-22-23-34(52)71-27-26-45-33(51)24-25-46-41(55)38(54)43(2,3)29-64-70(61,62)67-69(59,60)63-28-32-37(66-68(56,57)58)36(53)42(65-32)50-31-49-35-39(44)47-30-48-40(35)50;;;/h30-32,36-38,42,53-54H,4-29H2,1-3H3,(H,45,51)(H,46,55)(H,59,60)(H,61,62)(H2,44,47,48)(H2,56,57,58);3*1H3/t32-,36+,37?,38+,42-;;;/m1.../s1. The normalized spacial score (nSPS) is 18.8. The number of aliphatic hydroxyl groups is 2. The van der Waals surface area contributed by atoms with Crippen molar-refractivity contribution in [3.63, 3.8) is 0 Å². The number of thioether (sulfide) groups is 1. The lowest BCUT2D eigenvalue weighted by Crippen LogP contribution is -2.46. The summed E-state index contributed by atoms with van der Waals surface area (Å²) in [6.07, 6.45) is 18.0. The number of nitrogens with zero attached hydrogens (tertiary/aromatic N) is 4. The SMILES string of the molecule is CCCCCCCCCCCCCCCCCCCCCC(=O)SCCNC(=O)CCNC(=O)[C@H](O)C(C)(C)COP(=O)(O)OP(=O)(O)OC[C@H]1O[C@@H](n2cnc3c(N)ncnc32)[C@@H](O)C1OP(=O)(O)O.N.N.N. The van der Waals surface area contributed by atoms with Crippen molar-refractivity contribution in [1.82, 2.24) is 48.6 Å². The molecule has 3 rings (SSSR count). The molecule has 1 aliphatic heterocycles. The molecule has 1 aliphatic rings. The number of amides is 2. The molecule has 7 atom stereocenters. The molecule has 2 aromatic rings. The first-order valence-corrected chi connectivity index (χ1v) is 30.1. The van der Waals surface area contributed by atoms with Gasteiger partial charge in [-0.1, -0.05) is 148 Å². The maximum absolute atomic E-state index is 12.8. The fourth-order valence-corrected chi connectivity index (χ4v) is 11.3. The van der Waals surface area contributed by atoms with Crippen LogP contribution in [0.15, 0.2) is 12.7 Å². The number of nitrogen functional groups attached to an aromatic ring is 1. The molecular weight excluding hydrogens is 1050 g/mol. The van der Waals surface area contributed by atoms with E-state index in [9.17, 15) is 57.9 Å². The van der Waals surface area contributed by atoms with E-state index >= 15 is 0 Å². The molecular formula is C43H87N10O17P3S. The van der Waals surface area contributed by atoms with E-state index in [0.29, 0.717) is 12.2 Å². The van der Waals surface area contributed by atoms with Crippen LogP contribution in [0.4, 0.5) is 5.82 Å². The third-order valence-corrected chi connectivity index (χ3v) is 15.8. The molecule has 2 aromatic heterocycles. The monoisotopic (exact) mass is 1140 g/mol. The topological polar surface area (TPSA) is 469 Å². The van der Waals surface area contributed by atoms with Gasteiger partial charge in [0.2, 0.25) is 11.8 Å². The first-order valence-electron chi connectivity index (χ1n) is 24.6. The van der Waals surface area contributed by atoms with Crippen LogP contribution >= 0.6 is 35.2 Å². The minimum Gasteiger partial charge on any atom is -0.386 e. The summed E-state index contributed by atoms with van der Waals surface area (Å²) in [6, 6.07) is 0. The molecule has 19 N–H and O–H groups in total. The summed E-state index contributed by atoms with van der Waals surface area (Å²) in [4.78, 5) is 88.5. The van der Waals surface area contributed by atoms with E-state index in [-0.39, 0.29) is 60.1 Å². The van der Waals surface area contributed by atoms with Gasteiger partial charge in [0.15, 0.2) is 22.8 Å². The maximum atomic E-state index is 12.8. The van der Waals surface area contributed by atoms with Crippen LogP contribution in [0.5, 0.6) is 0 Å². The molecule has 1 saturated heterocycles. The van der Waals surface area contributed by atoms with Gasteiger partial charge < -0.3 is 69.3 Å². The summed E-state index contributed by atoms with van der Waals surface area (Å²) in [6.45, 7) is 2.85. The largest absolute Gasteiger partial charge is 0.481 e. The second-order valence-corrected chi connectivity index (χ2v) is 23.8. The van der Waals surface area contributed by atoms with Crippen molar-refractivity contribution in [2.75, 3.05) is 37.8 Å². The van der Waals surface area contributed by atoms with Gasteiger partial charge in [-0.15, -0.1) is 0 Å². The maximum Gasteiger partial charge on any atom is 0.481 e. The third-order valence-electron chi connectivity index (χ3n) is 11.7. The van der Waals surface area contributed by atoms with Crippen LogP contribution in [-0.4, -0.2) is 123 Å². The highest BCUT2D eigenvalue weighted by atomic mass is 32.2. The quantitative estimate of drug-likeness (QED) is 0.0237. The zero-order valence-corrected chi connectivity index (χ0v) is 46.8. The minimum absolute atomic E-state index is 0. The number of aliphatic hydroxyl groups excluding tert-OH is 2. The molecule has 0 radical (unpaired) electrons. The number of carbonyl (C=O) groups excluding carboxylic acids is 3. The van der Waals surface area contributed by atoms with Gasteiger partial charge >= 0.3 is 23.5 Å². The van der Waals surface area contributed by atoms with Crippen molar-refractivity contribution in [3.8, 4) is 0 Å². The number of hydrogen-bond acceptors (Lipinski definition) is 21. The van der Waals surface area contributed by atoms with Crippen LogP contribution in [0.2, 0.25) is 0 Å². The first kappa shape index (κ1) is 71.4. The van der Waals surface area contributed by atoms with Crippen molar-refractivity contribution in [3.05, 3.63) is 12.7 Å². The Labute approximate surface area is 438 Å². The van der Waals surface area contributed by atoms with Crippen molar-refractivity contribution in [1.29, 1.82) is 0 Å². The number of imidazole rings is 1. The highest BCUT2D eigenvalue weighted by Crippen LogP contribution is 2.61. The van der Waals surface area contributed by atoms with E-state index in [1.54, 1.807) is 0 Å². The number of nitrogens with two attached hydrogens (primary N) is 1. The van der Waals surface area contributed by atoms with Crippen molar-refractivity contribution >= 4 is 69.1 Å². The summed E-state index contributed by atoms with van der Waals surface area (Å²) in [5.41, 5.74) is 4.30. The number of unbranched alkanes of at least 4 members (excludes halogenated alkanes) is 18. The second kappa shape index (κ2) is 36.5. The number of hydrogen-bond donors (Lipinski definition) is 12. The van der Waals surface area contributed by atoms with E-state index in [1.165, 1.54) is 117 Å². The summed E-state index contributed by atoms with van der Waals surface area (Å²) in [5.74, 6) is -1.01. The number of aromatic nitrogens is 4. The lowest BCUT2D eigenvalue weighted by Gasteiger charge is -2.30. The van der Waals surface area contributed by atoms with Gasteiger partial charge in [-0.25, -0.2) is 28.6 Å². The Morgan fingerprint density at radius 2 is 1.31 bits per heavy atom. The Balaban J connectivity index is 0.0000178. The molecule has 0 spiro atoms. The minimum atomic E-state index is -5.58. The van der Waals surface area contributed by atoms with Gasteiger partial charge in [0.1, 0.15) is 36.3 Å². The zero-order chi connectivity index (χ0) is 52.5. The Morgan fingerprint density at radius 3 is 1.85 bits per heavy atom. The van der Waals surface area contributed by atoms with Crippen molar-refractivity contribution < 1.29 is 80.5 Å². The molecule has 1 fully saturated rings. The molecule has 3 unspecified atom stereocenters. The number of fused-ring (bicyclic) bond motifs is 1. The van der Waals surface area contributed by atoms with Crippen LogP contribution in [0.25, 0.3) is 11.2 Å². The average molecular weight is 1140 g/mol. The lowest BCUT2D eigenvalue weighted by atomic mass is 9.87. The Kier molecular flexibility index (Phi) is 35.3. The lowest BCUT2D eigenvalue weighted by molar-refractivity contribution is -0.137. The fraction of sp³-hybridized carbons (Fsp3) is 0.814. The number of rotatable bonds is 39. The summed E-state index contributed by atoms with van der Waals surface area (Å²) in [5, 5.41) is 26.7. The summed E-state index contributed by atoms with van der Waals surface area (Å²) in [7, 11) is -16.4. The molecule has 0 aromatic carbocycles. The van der Waals surface area contributed by atoms with Gasteiger partial charge in [-0.05, 0) is 6.42 Å². The van der Waals surface area contributed by atoms with Gasteiger partial charge in [0.25, 0.3) is 0 Å². The number of anilines is 1. The number of nitrogens with one attached hydrogen (secondary N) is 2. The van der Waals surface area contributed by atoms with E-state index in [2.05, 4.69) is 41.3 Å². The van der Waals surface area contributed by atoms with Crippen LogP contribution in [0, 0.1) is 5.41 Å². The van der Waals surface area contributed by atoms with E-state index in [0.717, 1.165) is 48.2 Å². The summed E-state index contributed by atoms with van der Waals surface area (Å²) < 4.78 is 62.5.